The molecule has 1 aliphatic heterocycles. The number of aromatic nitrogens is 1. The predicted molar refractivity (Wildman–Crippen MR) is 127 cm³/mol. The zero-order chi connectivity index (χ0) is 24.6. The molecule has 0 spiro atoms. The van der Waals surface area contributed by atoms with Gasteiger partial charge in [-0.05, 0) is 52.0 Å². The fourth-order valence-electron chi connectivity index (χ4n) is 4.34. The first-order chi connectivity index (χ1) is 16.1. The zero-order valence-corrected chi connectivity index (χ0v) is 20.4. The van der Waals surface area contributed by atoms with Crippen LogP contribution in [0.1, 0.15) is 47.2 Å². The van der Waals surface area contributed by atoms with Gasteiger partial charge >= 0.3 is 5.97 Å². The summed E-state index contributed by atoms with van der Waals surface area (Å²) in [5, 5.41) is 0.759. The van der Waals surface area contributed by atoms with Crippen molar-refractivity contribution in [3.8, 4) is 0 Å². The molecule has 180 valence electrons. The van der Waals surface area contributed by atoms with E-state index in [0.29, 0.717) is 11.3 Å². The van der Waals surface area contributed by atoms with Gasteiger partial charge in [0.05, 0.1) is 22.7 Å². The zero-order valence-electron chi connectivity index (χ0n) is 19.6. The molecular weight excluding hydrogens is 456 g/mol. The van der Waals surface area contributed by atoms with Crippen LogP contribution in [0.3, 0.4) is 0 Å². The molecule has 3 aromatic rings. The minimum atomic E-state index is -3.82. The number of Topliss-reactive ketones (excluding diaryl/α,β-unsaturated/α-hetero) is 1. The van der Waals surface area contributed by atoms with Gasteiger partial charge in [0, 0.05) is 35.2 Å². The molecule has 3 unspecified atom stereocenters. The summed E-state index contributed by atoms with van der Waals surface area (Å²) < 4.78 is 38.8. The number of ketones is 1. The summed E-state index contributed by atoms with van der Waals surface area (Å²) >= 11 is 0. The third-order valence-corrected chi connectivity index (χ3v) is 7.71. The van der Waals surface area contributed by atoms with Crippen LogP contribution in [0.5, 0.6) is 0 Å². The van der Waals surface area contributed by atoms with E-state index in [-0.39, 0.29) is 41.5 Å². The number of nitrogens with zero attached hydrogens (tertiary/aromatic N) is 1. The molecule has 2 aromatic carbocycles. The number of H-pyrrole nitrogens is 1. The largest absolute Gasteiger partial charge is 0.451 e. The summed E-state index contributed by atoms with van der Waals surface area (Å²) in [7, 11) is -3.82. The number of ether oxygens (including phenoxy) is 2. The number of aromatic amines is 1. The van der Waals surface area contributed by atoms with Gasteiger partial charge in [-0.1, -0.05) is 24.3 Å². The van der Waals surface area contributed by atoms with Crippen molar-refractivity contribution in [2.75, 3.05) is 13.1 Å². The van der Waals surface area contributed by atoms with Crippen molar-refractivity contribution < 1.29 is 27.5 Å². The number of esters is 1. The quantitative estimate of drug-likeness (QED) is 0.422. The Hall–Kier alpha value is -3.01. The molecule has 1 aliphatic rings. The number of benzene rings is 2. The molecule has 8 nitrogen and oxygen atoms in total. The maximum atomic E-state index is 13.2. The van der Waals surface area contributed by atoms with E-state index in [1.807, 2.05) is 38.1 Å². The lowest BCUT2D eigenvalue weighted by Gasteiger charge is -2.34. The molecule has 0 saturated carbocycles. The van der Waals surface area contributed by atoms with Crippen LogP contribution < -0.4 is 0 Å². The Morgan fingerprint density at radius 3 is 2.47 bits per heavy atom. The van der Waals surface area contributed by atoms with Crippen LogP contribution in [-0.2, 0) is 19.5 Å². The molecule has 34 heavy (non-hydrogen) atoms. The van der Waals surface area contributed by atoms with Crippen LogP contribution >= 0.6 is 0 Å². The van der Waals surface area contributed by atoms with Crippen LogP contribution in [0.2, 0.25) is 0 Å². The van der Waals surface area contributed by atoms with E-state index in [2.05, 4.69) is 4.98 Å². The predicted octanol–water partition coefficient (Wildman–Crippen LogP) is 3.70. The monoisotopic (exact) mass is 484 g/mol. The highest BCUT2D eigenvalue weighted by Gasteiger charge is 2.33. The second-order valence-corrected chi connectivity index (χ2v) is 10.6. The van der Waals surface area contributed by atoms with Crippen LogP contribution in [0.4, 0.5) is 0 Å². The van der Waals surface area contributed by atoms with E-state index in [0.717, 1.165) is 10.9 Å². The van der Waals surface area contributed by atoms with Crippen molar-refractivity contribution in [1.29, 1.82) is 0 Å². The first-order valence-electron chi connectivity index (χ1n) is 11.2. The van der Waals surface area contributed by atoms with E-state index in [4.69, 9.17) is 9.47 Å². The smallest absolute Gasteiger partial charge is 0.338 e. The van der Waals surface area contributed by atoms with Crippen molar-refractivity contribution in [3.63, 3.8) is 0 Å². The van der Waals surface area contributed by atoms with Gasteiger partial charge in [-0.3, -0.25) is 4.79 Å². The maximum Gasteiger partial charge on any atom is 0.338 e. The standard InChI is InChI=1S/C25H28N2O6S/c1-15-13-27(14-16(2)32-15)34(30,31)20-9-7-8-19(12-20)25(29)33-18(4)24(28)23-17(3)26-22-11-6-5-10-21(22)23/h5-12,15-16,18,26H,13-14H2,1-4H3. The molecule has 0 bridgehead atoms. The van der Waals surface area contributed by atoms with Crippen LogP contribution in [0, 0.1) is 6.92 Å². The van der Waals surface area contributed by atoms with Crippen molar-refractivity contribution in [3.05, 3.63) is 65.4 Å². The SMILES string of the molecule is Cc1[nH]c2ccccc2c1C(=O)C(C)OC(=O)c1cccc(S(=O)(=O)N2CC(C)OC(C)C2)c1. The number of morpholine rings is 1. The number of fused-ring (bicyclic) bond motifs is 1. The molecule has 0 aliphatic carbocycles. The molecule has 2 heterocycles. The molecule has 3 atom stereocenters. The number of carbonyl (C=O) groups is 2. The fraction of sp³-hybridized carbons (Fsp3) is 0.360. The summed E-state index contributed by atoms with van der Waals surface area (Å²) in [6, 6.07) is 13.1. The van der Waals surface area contributed by atoms with Gasteiger partial charge < -0.3 is 14.5 Å². The average Bonchev–Trinajstić information content (AvgIpc) is 3.13. The Kier molecular flexibility index (Phi) is 6.62. The van der Waals surface area contributed by atoms with Gasteiger partial charge in [-0.25, -0.2) is 13.2 Å². The summed E-state index contributed by atoms with van der Waals surface area (Å²) in [6.45, 7) is 7.41. The topological polar surface area (TPSA) is 106 Å². The number of hydrogen-bond acceptors (Lipinski definition) is 6. The van der Waals surface area contributed by atoms with E-state index in [1.54, 1.807) is 6.92 Å². The number of nitrogens with one attached hydrogen (secondary N) is 1. The first-order valence-corrected chi connectivity index (χ1v) is 12.6. The Bertz CT molecular complexity index is 1340. The Labute approximate surface area is 198 Å². The summed E-state index contributed by atoms with van der Waals surface area (Å²) in [5.74, 6) is -1.09. The van der Waals surface area contributed by atoms with Gasteiger partial charge in [0.25, 0.3) is 0 Å². The first kappa shape index (κ1) is 24.1. The average molecular weight is 485 g/mol. The number of aryl methyl sites for hydroxylation is 1. The lowest BCUT2D eigenvalue weighted by molar-refractivity contribution is -0.0440. The number of hydrogen-bond donors (Lipinski definition) is 1. The lowest BCUT2D eigenvalue weighted by atomic mass is 10.0. The van der Waals surface area contributed by atoms with Crippen molar-refractivity contribution in [2.24, 2.45) is 0 Å². The van der Waals surface area contributed by atoms with Crippen LogP contribution in [-0.4, -0.2) is 60.9 Å². The van der Waals surface area contributed by atoms with Crippen molar-refractivity contribution in [1.82, 2.24) is 9.29 Å². The van der Waals surface area contributed by atoms with Gasteiger partial charge in [-0.15, -0.1) is 0 Å². The summed E-state index contributed by atoms with van der Waals surface area (Å²) in [4.78, 5) is 29.1. The van der Waals surface area contributed by atoms with Crippen molar-refractivity contribution in [2.45, 2.75) is 50.9 Å². The third kappa shape index (κ3) is 4.64. The summed E-state index contributed by atoms with van der Waals surface area (Å²) in [6.07, 6.45) is -1.51. The van der Waals surface area contributed by atoms with E-state index < -0.39 is 22.1 Å². The van der Waals surface area contributed by atoms with Gasteiger partial charge in [0.1, 0.15) is 0 Å². The highest BCUT2D eigenvalue weighted by Crippen LogP contribution is 2.25. The van der Waals surface area contributed by atoms with Gasteiger partial charge in [0.2, 0.25) is 15.8 Å². The number of carbonyl (C=O) groups excluding carboxylic acids is 2. The molecule has 0 amide bonds. The molecule has 0 radical (unpaired) electrons. The summed E-state index contributed by atoms with van der Waals surface area (Å²) in [5.41, 5.74) is 2.05. The van der Waals surface area contributed by atoms with E-state index in [9.17, 15) is 18.0 Å². The van der Waals surface area contributed by atoms with Gasteiger partial charge in [0.15, 0.2) is 6.10 Å². The third-order valence-electron chi connectivity index (χ3n) is 5.89. The van der Waals surface area contributed by atoms with Crippen molar-refractivity contribution >= 4 is 32.7 Å². The fourth-order valence-corrected chi connectivity index (χ4v) is 5.98. The maximum absolute atomic E-state index is 13.2. The minimum Gasteiger partial charge on any atom is -0.451 e. The Morgan fingerprint density at radius 2 is 1.76 bits per heavy atom. The van der Waals surface area contributed by atoms with E-state index in [1.165, 1.54) is 35.5 Å². The number of rotatable bonds is 6. The Morgan fingerprint density at radius 1 is 1.09 bits per heavy atom. The molecular formula is C25H28N2O6S. The molecule has 1 saturated heterocycles. The highest BCUT2D eigenvalue weighted by atomic mass is 32.2. The van der Waals surface area contributed by atoms with E-state index >= 15 is 0 Å². The van der Waals surface area contributed by atoms with Gasteiger partial charge in [-0.2, -0.15) is 4.31 Å². The van der Waals surface area contributed by atoms with Crippen LogP contribution in [0.15, 0.2) is 53.4 Å². The highest BCUT2D eigenvalue weighted by molar-refractivity contribution is 7.89. The Balaban J connectivity index is 1.53. The molecule has 1 aromatic heterocycles. The second kappa shape index (κ2) is 9.32. The van der Waals surface area contributed by atoms with Crippen LogP contribution in [0.25, 0.3) is 10.9 Å². The molecule has 1 fully saturated rings. The molecule has 9 heteroatoms. The molecule has 4 rings (SSSR count). The second-order valence-electron chi connectivity index (χ2n) is 8.69. The number of sulfonamides is 1. The lowest BCUT2D eigenvalue weighted by Crippen LogP contribution is -2.48. The number of para-hydroxylation sites is 1. The minimum absolute atomic E-state index is 0.00490. The molecule has 1 N–H and O–H groups in total. The normalized spacial score (nSPS) is 20.2.